The van der Waals surface area contributed by atoms with Gasteiger partial charge in [-0.15, -0.1) is 11.3 Å². The number of anilines is 2. The lowest BCUT2D eigenvalue weighted by Gasteiger charge is -2.29. The molecule has 0 saturated carbocycles. The Morgan fingerprint density at radius 1 is 1.11 bits per heavy atom. The Kier molecular flexibility index (Phi) is 6.14. The molecule has 6 nitrogen and oxygen atoms in total. The van der Waals surface area contributed by atoms with Crippen molar-refractivity contribution in [1.82, 2.24) is 4.57 Å². The number of rotatable bonds is 4. The summed E-state index contributed by atoms with van der Waals surface area (Å²) in [6, 6.07) is 17.9. The first-order chi connectivity index (χ1) is 18.0. The molecule has 0 amide bonds. The van der Waals surface area contributed by atoms with Crippen LogP contribution in [0.2, 0.25) is 0 Å². The van der Waals surface area contributed by atoms with E-state index in [9.17, 15) is 9.59 Å². The maximum Gasteiger partial charge on any atom is 0.338 e. The fraction of sp³-hybridized carbons (Fsp3) is 0.179. The number of aromatic nitrogens is 1. The lowest BCUT2D eigenvalue weighted by molar-refractivity contribution is -0.139. The summed E-state index contributed by atoms with van der Waals surface area (Å²) >= 11 is 4.59. The molecule has 4 heterocycles. The first-order valence-corrected chi connectivity index (χ1v) is 14.3. The van der Waals surface area contributed by atoms with Crippen LogP contribution in [-0.2, 0) is 9.53 Å². The second kappa shape index (κ2) is 9.48. The SMILES string of the molecule is CCOC(=O)C1=C(C)N=c2s/c(=C/c3ccc4c(c3)Sc3ccccc3N4C)c(=O)n2[C@H]1c1cccs1. The minimum absolute atomic E-state index is 0.163. The van der Waals surface area contributed by atoms with Crippen molar-refractivity contribution in [3.8, 4) is 0 Å². The summed E-state index contributed by atoms with van der Waals surface area (Å²) in [5, 5.41) is 1.95. The van der Waals surface area contributed by atoms with Gasteiger partial charge in [-0.2, -0.15) is 0 Å². The molecule has 0 unspecified atom stereocenters. The first-order valence-electron chi connectivity index (χ1n) is 11.8. The van der Waals surface area contributed by atoms with Crippen LogP contribution in [-0.4, -0.2) is 24.2 Å². The standard InChI is InChI=1S/C28H23N3O3S3/c1-4-34-27(33)24-16(2)29-28-31(25(24)21-10-7-13-35-21)26(32)23(37-28)15-17-11-12-19-22(14-17)36-20-9-6-5-8-18(20)30(19)3/h5-15,25H,4H2,1-3H3/b23-15+/t25-/m0/s1. The average Bonchev–Trinajstić information content (AvgIpc) is 3.52. The van der Waals surface area contributed by atoms with Gasteiger partial charge in [-0.3, -0.25) is 9.36 Å². The van der Waals surface area contributed by atoms with Crippen LogP contribution >= 0.6 is 34.4 Å². The van der Waals surface area contributed by atoms with Gasteiger partial charge < -0.3 is 9.64 Å². The Hall–Kier alpha value is -3.40. The van der Waals surface area contributed by atoms with Crippen molar-refractivity contribution in [3.05, 3.63) is 101 Å². The monoisotopic (exact) mass is 545 g/mol. The summed E-state index contributed by atoms with van der Waals surface area (Å²) in [4.78, 5) is 37.4. The molecular formula is C28H23N3O3S3. The van der Waals surface area contributed by atoms with Crippen molar-refractivity contribution < 1.29 is 9.53 Å². The van der Waals surface area contributed by atoms with Crippen molar-refractivity contribution in [3.63, 3.8) is 0 Å². The number of carbonyl (C=O) groups excluding carboxylic acids is 1. The van der Waals surface area contributed by atoms with Gasteiger partial charge in [0.05, 0.1) is 33.8 Å². The van der Waals surface area contributed by atoms with Crippen LogP contribution < -0.4 is 19.8 Å². The number of allylic oxidation sites excluding steroid dienone is 1. The van der Waals surface area contributed by atoms with E-state index >= 15 is 0 Å². The average molecular weight is 546 g/mol. The van der Waals surface area contributed by atoms with Crippen molar-refractivity contribution in [1.29, 1.82) is 0 Å². The van der Waals surface area contributed by atoms with Gasteiger partial charge in [0, 0.05) is 21.7 Å². The summed E-state index contributed by atoms with van der Waals surface area (Å²) in [6.07, 6.45) is 1.92. The van der Waals surface area contributed by atoms with Gasteiger partial charge in [0.15, 0.2) is 4.80 Å². The Morgan fingerprint density at radius 2 is 1.92 bits per heavy atom. The van der Waals surface area contributed by atoms with Gasteiger partial charge in [-0.1, -0.05) is 47.4 Å². The highest BCUT2D eigenvalue weighted by Crippen LogP contribution is 2.47. The zero-order chi connectivity index (χ0) is 25.7. The number of hydrogen-bond donors (Lipinski definition) is 0. The third-order valence-corrected chi connectivity index (χ3v) is 9.44. The van der Waals surface area contributed by atoms with Crippen LogP contribution in [0.1, 0.15) is 30.3 Å². The first kappa shape index (κ1) is 24.0. The minimum Gasteiger partial charge on any atom is -0.463 e. The van der Waals surface area contributed by atoms with Crippen LogP contribution in [0.3, 0.4) is 0 Å². The van der Waals surface area contributed by atoms with Gasteiger partial charge in [-0.25, -0.2) is 9.79 Å². The minimum atomic E-state index is -0.554. The molecule has 0 saturated heterocycles. The van der Waals surface area contributed by atoms with Gasteiger partial charge in [0.2, 0.25) is 0 Å². The van der Waals surface area contributed by atoms with Gasteiger partial charge in [0.1, 0.15) is 6.04 Å². The molecule has 37 heavy (non-hydrogen) atoms. The number of ether oxygens (including phenoxy) is 1. The molecule has 186 valence electrons. The number of thiophene rings is 1. The van der Waals surface area contributed by atoms with Crippen LogP contribution in [0.25, 0.3) is 6.08 Å². The van der Waals surface area contributed by atoms with Gasteiger partial charge in [0.25, 0.3) is 5.56 Å². The number of hydrogen-bond acceptors (Lipinski definition) is 8. The lowest BCUT2D eigenvalue weighted by atomic mass is 10.0. The molecule has 0 fully saturated rings. The third kappa shape index (κ3) is 4.07. The van der Waals surface area contributed by atoms with Gasteiger partial charge in [-0.05, 0) is 61.2 Å². The second-order valence-electron chi connectivity index (χ2n) is 8.67. The molecule has 9 heteroatoms. The number of para-hydroxylation sites is 1. The molecule has 6 rings (SSSR count). The zero-order valence-corrected chi connectivity index (χ0v) is 22.9. The van der Waals surface area contributed by atoms with Crippen molar-refractivity contribution >= 4 is 57.9 Å². The molecule has 2 aliphatic heterocycles. The highest BCUT2D eigenvalue weighted by Gasteiger charge is 2.34. The van der Waals surface area contributed by atoms with E-state index in [0.717, 1.165) is 21.0 Å². The van der Waals surface area contributed by atoms with E-state index in [1.165, 1.54) is 33.3 Å². The Morgan fingerprint density at radius 3 is 2.70 bits per heavy atom. The smallest absolute Gasteiger partial charge is 0.338 e. The molecule has 0 radical (unpaired) electrons. The van der Waals surface area contributed by atoms with Crippen LogP contribution in [0, 0.1) is 0 Å². The second-order valence-corrected chi connectivity index (χ2v) is 11.7. The topological polar surface area (TPSA) is 63.9 Å². The quantitative estimate of drug-likeness (QED) is 0.334. The molecule has 2 aromatic heterocycles. The number of esters is 1. The fourth-order valence-corrected chi connectivity index (χ4v) is 7.77. The molecule has 0 bridgehead atoms. The molecule has 0 aliphatic carbocycles. The number of nitrogens with zero attached hydrogens (tertiary/aromatic N) is 3. The highest BCUT2D eigenvalue weighted by molar-refractivity contribution is 7.99. The number of carbonyl (C=O) groups is 1. The Labute approximate surface area is 225 Å². The molecule has 1 atom stereocenters. The van der Waals surface area contributed by atoms with E-state index in [1.54, 1.807) is 30.2 Å². The van der Waals surface area contributed by atoms with Gasteiger partial charge >= 0.3 is 5.97 Å². The Balaban J connectivity index is 1.46. The lowest BCUT2D eigenvalue weighted by Crippen LogP contribution is -2.39. The largest absolute Gasteiger partial charge is 0.463 e. The Bertz CT molecular complexity index is 1750. The number of fused-ring (bicyclic) bond motifs is 3. The van der Waals surface area contributed by atoms with E-state index in [0.29, 0.717) is 20.6 Å². The van der Waals surface area contributed by atoms with E-state index in [4.69, 9.17) is 4.74 Å². The molecular weight excluding hydrogens is 523 g/mol. The van der Waals surface area contributed by atoms with Crippen LogP contribution in [0.4, 0.5) is 11.4 Å². The maximum absolute atomic E-state index is 13.8. The highest BCUT2D eigenvalue weighted by atomic mass is 32.2. The number of thiazole rings is 1. The molecule has 2 aliphatic rings. The predicted molar refractivity (Wildman–Crippen MR) is 150 cm³/mol. The van der Waals surface area contributed by atoms with E-state index in [-0.39, 0.29) is 12.2 Å². The summed E-state index contributed by atoms with van der Waals surface area (Å²) in [7, 11) is 2.07. The van der Waals surface area contributed by atoms with Crippen LogP contribution in [0.5, 0.6) is 0 Å². The van der Waals surface area contributed by atoms with Crippen molar-refractivity contribution in [2.75, 3.05) is 18.6 Å². The summed E-state index contributed by atoms with van der Waals surface area (Å²) in [6.45, 7) is 3.84. The summed E-state index contributed by atoms with van der Waals surface area (Å²) in [5.74, 6) is -0.437. The molecule has 4 aromatic rings. The zero-order valence-electron chi connectivity index (χ0n) is 20.4. The molecule has 0 N–H and O–H groups in total. The number of benzene rings is 2. The summed E-state index contributed by atoms with van der Waals surface area (Å²) < 4.78 is 7.56. The molecule has 2 aromatic carbocycles. The molecule has 0 spiro atoms. The fourth-order valence-electron chi connectivity index (χ4n) is 4.71. The van der Waals surface area contributed by atoms with E-state index in [1.807, 2.05) is 41.8 Å². The van der Waals surface area contributed by atoms with Crippen molar-refractivity contribution in [2.45, 2.75) is 29.7 Å². The van der Waals surface area contributed by atoms with E-state index < -0.39 is 12.0 Å². The predicted octanol–water partition coefficient (Wildman–Crippen LogP) is 5.09. The van der Waals surface area contributed by atoms with E-state index in [2.05, 4.69) is 41.2 Å². The van der Waals surface area contributed by atoms with Crippen LogP contribution in [0.15, 0.2) is 90.8 Å². The third-order valence-electron chi connectivity index (χ3n) is 6.42. The maximum atomic E-state index is 13.8. The summed E-state index contributed by atoms with van der Waals surface area (Å²) in [5.41, 5.74) is 4.09. The van der Waals surface area contributed by atoms with Crippen molar-refractivity contribution in [2.24, 2.45) is 4.99 Å². The normalized spacial score (nSPS) is 16.7.